The third-order valence-electron chi connectivity index (χ3n) is 4.34. The van der Waals surface area contributed by atoms with Gasteiger partial charge in [-0.2, -0.15) is 5.10 Å². The first-order chi connectivity index (χ1) is 14.4. The number of aromatic nitrogens is 2. The minimum absolute atomic E-state index is 0.00943. The Balaban J connectivity index is 1.79. The van der Waals surface area contributed by atoms with E-state index in [0.29, 0.717) is 28.0 Å². The minimum atomic E-state index is -0.784. The highest BCUT2D eigenvalue weighted by atomic mass is 79.9. The summed E-state index contributed by atoms with van der Waals surface area (Å²) in [6, 6.07) is 8.41. The SMILES string of the molecule is CCn1ncc(Br)c1C(=O)/C=C/c1ccc(OC)c(COc2ccc(F)cc2F)c1. The van der Waals surface area contributed by atoms with Crippen molar-refractivity contribution in [1.82, 2.24) is 9.78 Å². The molecule has 1 aromatic heterocycles. The molecule has 8 heteroatoms. The van der Waals surface area contributed by atoms with Crippen LogP contribution in [-0.4, -0.2) is 22.7 Å². The smallest absolute Gasteiger partial charge is 0.205 e. The maximum absolute atomic E-state index is 13.8. The molecule has 0 radical (unpaired) electrons. The third-order valence-corrected chi connectivity index (χ3v) is 4.92. The molecule has 0 atom stereocenters. The fourth-order valence-electron chi connectivity index (χ4n) is 2.86. The van der Waals surface area contributed by atoms with Crippen LogP contribution in [0, 0.1) is 11.6 Å². The molecule has 0 amide bonds. The van der Waals surface area contributed by atoms with Gasteiger partial charge in [0.25, 0.3) is 0 Å². The first-order valence-corrected chi connectivity index (χ1v) is 9.90. The van der Waals surface area contributed by atoms with Crippen LogP contribution in [0.15, 0.2) is 53.1 Å². The van der Waals surface area contributed by atoms with E-state index in [1.165, 1.54) is 19.3 Å². The van der Waals surface area contributed by atoms with Gasteiger partial charge in [0.15, 0.2) is 11.6 Å². The number of rotatable bonds is 8. The lowest BCUT2D eigenvalue weighted by atomic mass is 10.1. The van der Waals surface area contributed by atoms with Crippen molar-refractivity contribution in [3.8, 4) is 11.5 Å². The number of carbonyl (C=O) groups is 1. The lowest BCUT2D eigenvalue weighted by Gasteiger charge is -2.12. The molecule has 0 unspecified atom stereocenters. The predicted molar refractivity (Wildman–Crippen MR) is 113 cm³/mol. The van der Waals surface area contributed by atoms with Gasteiger partial charge in [-0.25, -0.2) is 8.78 Å². The average Bonchev–Trinajstić information content (AvgIpc) is 3.12. The topological polar surface area (TPSA) is 53.4 Å². The number of ether oxygens (including phenoxy) is 2. The van der Waals surface area contributed by atoms with E-state index in [4.69, 9.17) is 9.47 Å². The van der Waals surface area contributed by atoms with Crippen molar-refractivity contribution in [2.24, 2.45) is 0 Å². The Morgan fingerprint density at radius 3 is 2.67 bits per heavy atom. The Kier molecular flexibility index (Phi) is 6.99. The van der Waals surface area contributed by atoms with Gasteiger partial charge in [0.05, 0.1) is 17.8 Å². The Morgan fingerprint density at radius 2 is 1.97 bits per heavy atom. The number of carbonyl (C=O) groups excluding carboxylic acids is 1. The highest BCUT2D eigenvalue weighted by Crippen LogP contribution is 2.25. The molecule has 0 fully saturated rings. The molecule has 0 saturated heterocycles. The van der Waals surface area contributed by atoms with Crippen LogP contribution in [0.25, 0.3) is 6.08 Å². The second-order valence-corrected chi connectivity index (χ2v) is 7.14. The zero-order chi connectivity index (χ0) is 21.7. The molecule has 1 heterocycles. The van der Waals surface area contributed by atoms with Crippen molar-refractivity contribution in [3.63, 3.8) is 0 Å². The number of aryl methyl sites for hydroxylation is 1. The largest absolute Gasteiger partial charge is 0.496 e. The molecular weight excluding hydrogens is 458 g/mol. The number of halogens is 3. The zero-order valence-corrected chi connectivity index (χ0v) is 17.9. The summed E-state index contributed by atoms with van der Waals surface area (Å²) >= 11 is 3.34. The Morgan fingerprint density at radius 1 is 1.20 bits per heavy atom. The van der Waals surface area contributed by atoms with Crippen LogP contribution >= 0.6 is 15.9 Å². The number of ketones is 1. The molecule has 0 aliphatic rings. The lowest BCUT2D eigenvalue weighted by molar-refractivity contribution is 0.103. The quantitative estimate of drug-likeness (QED) is 0.321. The minimum Gasteiger partial charge on any atom is -0.496 e. The highest BCUT2D eigenvalue weighted by Gasteiger charge is 2.14. The van der Waals surface area contributed by atoms with Gasteiger partial charge in [-0.15, -0.1) is 0 Å². The summed E-state index contributed by atoms with van der Waals surface area (Å²) in [4.78, 5) is 12.6. The number of benzene rings is 2. The summed E-state index contributed by atoms with van der Waals surface area (Å²) in [7, 11) is 1.51. The van der Waals surface area contributed by atoms with Crippen LogP contribution < -0.4 is 9.47 Å². The maximum Gasteiger partial charge on any atom is 0.205 e. The fourth-order valence-corrected chi connectivity index (χ4v) is 3.35. The van der Waals surface area contributed by atoms with E-state index in [2.05, 4.69) is 21.0 Å². The molecule has 0 N–H and O–H groups in total. The first kappa shape index (κ1) is 21.7. The fraction of sp³-hybridized carbons (Fsp3) is 0.182. The summed E-state index contributed by atoms with van der Waals surface area (Å²) in [5, 5.41) is 4.14. The van der Waals surface area contributed by atoms with Crippen LogP contribution in [0.5, 0.6) is 11.5 Å². The molecule has 5 nitrogen and oxygen atoms in total. The van der Waals surface area contributed by atoms with Crippen LogP contribution in [0.3, 0.4) is 0 Å². The standard InChI is InChI=1S/C22H19BrF2N2O3/c1-3-27-22(17(23)12-26-27)19(28)7-4-14-5-8-20(29-2)15(10-14)13-30-21-9-6-16(24)11-18(21)25/h4-12H,3,13H2,1-2H3/b7-4+. The van der Waals surface area contributed by atoms with Gasteiger partial charge in [0.1, 0.15) is 23.9 Å². The molecule has 0 bridgehead atoms. The number of methoxy groups -OCH3 is 1. The summed E-state index contributed by atoms with van der Waals surface area (Å²) in [6.45, 7) is 2.49. The molecule has 0 aliphatic heterocycles. The summed E-state index contributed by atoms with van der Waals surface area (Å²) in [5.74, 6) is -1.16. The molecular formula is C22H19BrF2N2O3. The second-order valence-electron chi connectivity index (χ2n) is 6.29. The highest BCUT2D eigenvalue weighted by molar-refractivity contribution is 9.10. The van der Waals surface area contributed by atoms with Crippen LogP contribution in [0.2, 0.25) is 0 Å². The van der Waals surface area contributed by atoms with Gasteiger partial charge in [0.2, 0.25) is 5.78 Å². The van der Waals surface area contributed by atoms with Gasteiger partial charge < -0.3 is 9.47 Å². The number of allylic oxidation sites excluding steroid dienone is 1. The maximum atomic E-state index is 13.8. The molecule has 0 aliphatic carbocycles. The van der Waals surface area contributed by atoms with E-state index in [-0.39, 0.29) is 18.1 Å². The lowest BCUT2D eigenvalue weighted by Crippen LogP contribution is -2.07. The molecule has 0 spiro atoms. The third kappa shape index (κ3) is 4.94. The van der Waals surface area contributed by atoms with E-state index in [9.17, 15) is 13.6 Å². The van der Waals surface area contributed by atoms with Crippen LogP contribution in [0.1, 0.15) is 28.5 Å². The van der Waals surface area contributed by atoms with Crippen molar-refractivity contribution >= 4 is 27.8 Å². The predicted octanol–water partition coefficient (Wildman–Crippen LogP) is 5.43. The van der Waals surface area contributed by atoms with E-state index in [1.54, 1.807) is 35.2 Å². The summed E-state index contributed by atoms with van der Waals surface area (Å²) < 4.78 is 39.9. The van der Waals surface area contributed by atoms with Gasteiger partial charge in [0, 0.05) is 18.2 Å². The number of hydrogen-bond acceptors (Lipinski definition) is 4. The van der Waals surface area contributed by atoms with Crippen LogP contribution in [0.4, 0.5) is 8.78 Å². The molecule has 3 aromatic rings. The second kappa shape index (κ2) is 9.67. The molecule has 156 valence electrons. The van der Waals surface area contributed by atoms with E-state index < -0.39 is 11.6 Å². The van der Waals surface area contributed by atoms with Crippen LogP contribution in [-0.2, 0) is 13.2 Å². The van der Waals surface area contributed by atoms with Gasteiger partial charge >= 0.3 is 0 Å². The first-order valence-electron chi connectivity index (χ1n) is 9.11. The molecule has 3 rings (SSSR count). The molecule has 2 aromatic carbocycles. The van der Waals surface area contributed by atoms with E-state index in [0.717, 1.165) is 17.7 Å². The normalized spacial score (nSPS) is 11.1. The van der Waals surface area contributed by atoms with E-state index in [1.807, 2.05) is 6.92 Å². The zero-order valence-electron chi connectivity index (χ0n) is 16.4. The number of hydrogen-bond donors (Lipinski definition) is 0. The van der Waals surface area contributed by atoms with Gasteiger partial charge in [-0.1, -0.05) is 12.1 Å². The summed E-state index contributed by atoms with van der Waals surface area (Å²) in [5.41, 5.74) is 1.86. The monoisotopic (exact) mass is 476 g/mol. The Hall–Kier alpha value is -3.00. The van der Waals surface area contributed by atoms with Crippen molar-refractivity contribution in [2.75, 3.05) is 7.11 Å². The van der Waals surface area contributed by atoms with Crippen molar-refractivity contribution < 1.29 is 23.0 Å². The van der Waals surface area contributed by atoms with Crippen molar-refractivity contribution in [3.05, 3.63) is 81.6 Å². The van der Waals surface area contributed by atoms with Crippen molar-refractivity contribution in [1.29, 1.82) is 0 Å². The van der Waals surface area contributed by atoms with Gasteiger partial charge in [-0.3, -0.25) is 9.48 Å². The Labute approximate surface area is 181 Å². The average molecular weight is 477 g/mol. The molecule has 30 heavy (non-hydrogen) atoms. The van der Waals surface area contributed by atoms with Crippen molar-refractivity contribution in [2.45, 2.75) is 20.1 Å². The van der Waals surface area contributed by atoms with Gasteiger partial charge in [-0.05, 0) is 58.8 Å². The summed E-state index contributed by atoms with van der Waals surface area (Å²) in [6.07, 6.45) is 4.71. The molecule has 0 saturated carbocycles. The Bertz CT molecular complexity index is 1100. The number of nitrogens with zero attached hydrogens (tertiary/aromatic N) is 2. The van der Waals surface area contributed by atoms with E-state index >= 15 is 0 Å².